The lowest BCUT2D eigenvalue weighted by Crippen LogP contribution is -2.55. The number of anilines is 1. The van der Waals surface area contributed by atoms with E-state index in [0.29, 0.717) is 15.8 Å². The third-order valence-corrected chi connectivity index (χ3v) is 7.20. The number of carbonyl (C=O) groups is 3. The summed E-state index contributed by atoms with van der Waals surface area (Å²) in [4.78, 5) is 42.8. The van der Waals surface area contributed by atoms with Crippen LogP contribution in [0.1, 0.15) is 45.2 Å². The quantitative estimate of drug-likeness (QED) is 0.138. The zero-order valence-electron chi connectivity index (χ0n) is 22.3. The number of thiophene rings is 1. The maximum absolute atomic E-state index is 13.9. The number of hydrogen-bond donors (Lipinski definition) is 3. The molecule has 3 amide bonds. The van der Waals surface area contributed by atoms with Gasteiger partial charge in [-0.05, 0) is 35.8 Å². The molecule has 0 saturated carbocycles. The van der Waals surface area contributed by atoms with Crippen LogP contribution >= 0.6 is 22.7 Å². The van der Waals surface area contributed by atoms with Gasteiger partial charge in [0, 0.05) is 22.5 Å². The summed E-state index contributed by atoms with van der Waals surface area (Å²) in [5.74, 6) is 3.93. The summed E-state index contributed by atoms with van der Waals surface area (Å²) in [6, 6.07) is 9.34. The van der Waals surface area contributed by atoms with Crippen molar-refractivity contribution >= 4 is 52.1 Å². The fraction of sp³-hybridized carbons (Fsp3) is 0.310. The maximum Gasteiger partial charge on any atom is 0.249 e. The minimum atomic E-state index is -1.16. The van der Waals surface area contributed by atoms with Gasteiger partial charge in [-0.1, -0.05) is 74.6 Å². The molecule has 3 aromatic rings. The van der Waals surface area contributed by atoms with Gasteiger partial charge in [-0.25, -0.2) is 10.0 Å². The van der Waals surface area contributed by atoms with Crippen LogP contribution in [-0.2, 0) is 14.4 Å². The molecule has 3 N–H and O–H groups in total. The Morgan fingerprint density at radius 2 is 1.90 bits per heavy atom. The normalized spacial score (nSPS) is 13.8. The second-order valence-corrected chi connectivity index (χ2v) is 11.7. The molecule has 0 aliphatic carbocycles. The van der Waals surface area contributed by atoms with E-state index in [1.54, 1.807) is 11.6 Å². The predicted octanol–water partition coefficient (Wildman–Crippen LogP) is 5.05. The van der Waals surface area contributed by atoms with Crippen molar-refractivity contribution in [3.63, 3.8) is 0 Å². The first-order chi connectivity index (χ1) is 18.6. The number of hydrogen-bond acceptors (Lipinski definition) is 7. The molecule has 39 heavy (non-hydrogen) atoms. The average molecular weight is 565 g/mol. The molecule has 0 spiro atoms. The van der Waals surface area contributed by atoms with Gasteiger partial charge in [-0.15, -0.1) is 11.3 Å². The van der Waals surface area contributed by atoms with E-state index in [2.05, 4.69) is 27.5 Å². The van der Waals surface area contributed by atoms with Crippen LogP contribution in [0, 0.1) is 23.2 Å². The predicted molar refractivity (Wildman–Crippen MR) is 155 cm³/mol. The molecule has 0 unspecified atom stereocenters. The molecule has 2 heterocycles. The van der Waals surface area contributed by atoms with E-state index in [9.17, 15) is 19.6 Å². The minimum absolute atomic E-state index is 0.180. The van der Waals surface area contributed by atoms with Crippen LogP contribution in [0.3, 0.4) is 0 Å². The summed E-state index contributed by atoms with van der Waals surface area (Å²) in [6.45, 7) is 7.39. The molecular formula is C29H32N4O4S2. The lowest BCUT2D eigenvalue weighted by Gasteiger charge is -2.33. The summed E-state index contributed by atoms with van der Waals surface area (Å²) in [5, 5.41) is 22.4. The molecule has 0 radical (unpaired) electrons. The van der Waals surface area contributed by atoms with Crippen LogP contribution in [0.4, 0.5) is 5.13 Å². The third kappa shape index (κ3) is 8.89. The van der Waals surface area contributed by atoms with E-state index >= 15 is 0 Å². The smallest absolute Gasteiger partial charge is 0.249 e. The molecule has 0 saturated heterocycles. The highest BCUT2D eigenvalue weighted by molar-refractivity contribution is 7.13. The first kappa shape index (κ1) is 29.8. The SMILES string of the molecule is C/C(=C\c1ccccc1)C[C@@H](C(=O)N[C@H](C(=O)Nc1nccs1)C(C)(C)C)[C@H](C#Cc1ccsc1)N(O)C=O. The maximum atomic E-state index is 13.9. The monoisotopic (exact) mass is 564 g/mol. The van der Waals surface area contributed by atoms with E-state index in [1.165, 1.54) is 22.7 Å². The van der Waals surface area contributed by atoms with Gasteiger partial charge in [0.1, 0.15) is 12.1 Å². The lowest BCUT2D eigenvalue weighted by atomic mass is 9.84. The Bertz CT molecular complexity index is 1320. The largest absolute Gasteiger partial charge is 0.343 e. The highest BCUT2D eigenvalue weighted by atomic mass is 32.1. The van der Waals surface area contributed by atoms with Crippen LogP contribution in [0.2, 0.25) is 0 Å². The number of nitrogens with zero attached hydrogens (tertiary/aromatic N) is 2. The molecule has 0 aliphatic heterocycles. The molecule has 8 nitrogen and oxygen atoms in total. The second-order valence-electron chi connectivity index (χ2n) is 10.1. The van der Waals surface area contributed by atoms with Crippen LogP contribution in [0.15, 0.2) is 64.3 Å². The first-order valence-corrected chi connectivity index (χ1v) is 14.1. The van der Waals surface area contributed by atoms with Crippen LogP contribution in [0.25, 0.3) is 6.08 Å². The van der Waals surface area contributed by atoms with Crippen molar-refractivity contribution in [2.45, 2.75) is 46.2 Å². The zero-order chi connectivity index (χ0) is 28.4. The number of allylic oxidation sites excluding steroid dienone is 1. The molecule has 0 fully saturated rings. The summed E-state index contributed by atoms with van der Waals surface area (Å²) in [7, 11) is 0. The van der Waals surface area contributed by atoms with Gasteiger partial charge in [0.05, 0.1) is 5.92 Å². The number of rotatable bonds is 10. The van der Waals surface area contributed by atoms with Crippen LogP contribution in [0.5, 0.6) is 0 Å². The van der Waals surface area contributed by atoms with Gasteiger partial charge in [-0.3, -0.25) is 19.6 Å². The van der Waals surface area contributed by atoms with Crippen molar-refractivity contribution in [1.29, 1.82) is 0 Å². The third-order valence-electron chi connectivity index (χ3n) is 5.83. The Hall–Kier alpha value is -3.78. The minimum Gasteiger partial charge on any atom is -0.343 e. The van der Waals surface area contributed by atoms with E-state index in [0.717, 1.165) is 11.1 Å². The van der Waals surface area contributed by atoms with Crippen molar-refractivity contribution in [2.75, 3.05) is 5.32 Å². The van der Waals surface area contributed by atoms with E-state index in [4.69, 9.17) is 0 Å². The second kappa shape index (κ2) is 13.8. The van der Waals surface area contributed by atoms with Gasteiger partial charge in [0.2, 0.25) is 18.2 Å². The number of thiazole rings is 1. The number of nitrogens with one attached hydrogen (secondary N) is 2. The average Bonchev–Trinajstić information content (AvgIpc) is 3.60. The number of hydroxylamine groups is 2. The molecule has 204 valence electrons. The molecule has 10 heteroatoms. The van der Waals surface area contributed by atoms with Crippen molar-refractivity contribution in [3.05, 3.63) is 75.4 Å². The van der Waals surface area contributed by atoms with E-state index < -0.39 is 35.2 Å². The zero-order valence-corrected chi connectivity index (χ0v) is 23.9. The van der Waals surface area contributed by atoms with Crippen molar-refractivity contribution in [3.8, 4) is 11.8 Å². The van der Waals surface area contributed by atoms with Gasteiger partial charge in [-0.2, -0.15) is 11.3 Å². The standard InChI is InChI=1S/C29H32N4O4S2/c1-20(16-21-8-6-5-7-9-21)17-23(24(33(37)19-34)11-10-22-12-14-38-18-22)26(35)31-25(29(2,3)4)27(36)32-28-30-13-15-39-28/h5-9,12-16,18-19,23-25,37H,17H2,1-4H3,(H,31,35)(H,30,32,36)/b20-16+/t23-,24+,25-/m1/s1. The molecule has 1 aromatic carbocycles. The number of benzene rings is 1. The van der Waals surface area contributed by atoms with Crippen molar-refractivity contribution in [1.82, 2.24) is 15.4 Å². The van der Waals surface area contributed by atoms with Crippen LogP contribution < -0.4 is 10.6 Å². The Kier molecular flexibility index (Phi) is 10.6. The lowest BCUT2D eigenvalue weighted by molar-refractivity contribution is -0.162. The first-order valence-electron chi connectivity index (χ1n) is 12.3. The van der Waals surface area contributed by atoms with E-state index in [-0.39, 0.29) is 12.8 Å². The summed E-state index contributed by atoms with van der Waals surface area (Å²) in [6.07, 6.45) is 3.93. The molecular weight excluding hydrogens is 532 g/mol. The highest BCUT2D eigenvalue weighted by Gasteiger charge is 2.38. The highest BCUT2D eigenvalue weighted by Crippen LogP contribution is 2.25. The fourth-order valence-electron chi connectivity index (χ4n) is 3.88. The molecule has 0 aliphatic rings. The van der Waals surface area contributed by atoms with Gasteiger partial charge < -0.3 is 10.6 Å². The summed E-state index contributed by atoms with van der Waals surface area (Å²) in [5.41, 5.74) is 1.83. The fourth-order valence-corrected chi connectivity index (χ4v) is 5.00. The van der Waals surface area contributed by atoms with Gasteiger partial charge in [0.25, 0.3) is 0 Å². The Morgan fingerprint density at radius 1 is 1.15 bits per heavy atom. The molecule has 3 rings (SSSR count). The van der Waals surface area contributed by atoms with Gasteiger partial charge >= 0.3 is 0 Å². The van der Waals surface area contributed by atoms with Crippen LogP contribution in [-0.4, -0.2) is 45.6 Å². The molecule has 2 aromatic heterocycles. The Morgan fingerprint density at radius 3 is 2.49 bits per heavy atom. The summed E-state index contributed by atoms with van der Waals surface area (Å²) < 4.78 is 0. The van der Waals surface area contributed by atoms with E-state index in [1.807, 2.05) is 80.9 Å². The van der Waals surface area contributed by atoms with Gasteiger partial charge in [0.15, 0.2) is 5.13 Å². The number of amides is 3. The molecule has 3 atom stereocenters. The number of aromatic nitrogens is 1. The topological polar surface area (TPSA) is 112 Å². The Labute approximate surface area is 236 Å². The van der Waals surface area contributed by atoms with Crippen molar-refractivity contribution < 1.29 is 19.6 Å². The Balaban J connectivity index is 1.96. The summed E-state index contributed by atoms with van der Waals surface area (Å²) >= 11 is 2.73. The van der Waals surface area contributed by atoms with Crippen molar-refractivity contribution in [2.24, 2.45) is 11.3 Å². The number of carbonyl (C=O) groups excluding carboxylic acids is 3. The molecule has 0 bridgehead atoms.